The van der Waals surface area contributed by atoms with Crippen LogP contribution in [0.5, 0.6) is 0 Å². The van der Waals surface area contributed by atoms with E-state index in [1.165, 1.54) is 17.0 Å². The molecule has 0 unspecified atom stereocenters. The maximum Gasteiger partial charge on any atom is 0.256 e. The van der Waals surface area contributed by atoms with Gasteiger partial charge in [-0.25, -0.2) is 8.78 Å². The first-order chi connectivity index (χ1) is 8.97. The molecule has 0 aliphatic heterocycles. The van der Waals surface area contributed by atoms with E-state index in [4.69, 9.17) is 0 Å². The maximum atomic E-state index is 13.6. The lowest BCUT2D eigenvalue weighted by Crippen LogP contribution is -2.34. The van der Waals surface area contributed by atoms with Crippen molar-refractivity contribution in [3.8, 4) is 0 Å². The van der Waals surface area contributed by atoms with Crippen LogP contribution in [0.15, 0.2) is 18.2 Å². The first kappa shape index (κ1) is 15.6. The molecule has 0 aromatic heterocycles. The van der Waals surface area contributed by atoms with Crippen LogP contribution in [-0.2, 0) is 0 Å². The number of hydrogen-bond donors (Lipinski definition) is 0. The third-order valence-electron chi connectivity index (χ3n) is 2.88. The number of amides is 1. The smallest absolute Gasteiger partial charge is 0.256 e. The zero-order chi connectivity index (χ0) is 14.4. The highest BCUT2D eigenvalue weighted by atomic mass is 19.2. The predicted octanol–water partition coefficient (Wildman–Crippen LogP) is 2.38. The molecule has 106 valence electrons. The van der Waals surface area contributed by atoms with Crippen molar-refractivity contribution in [2.24, 2.45) is 0 Å². The molecule has 0 aliphatic carbocycles. The Balaban J connectivity index is 2.75. The monoisotopic (exact) mass is 270 g/mol. The topological polar surface area (TPSA) is 23.6 Å². The zero-order valence-electron chi connectivity index (χ0n) is 11.6. The van der Waals surface area contributed by atoms with Gasteiger partial charge in [0.25, 0.3) is 5.91 Å². The van der Waals surface area contributed by atoms with Crippen LogP contribution in [0.4, 0.5) is 8.78 Å². The van der Waals surface area contributed by atoms with Gasteiger partial charge in [-0.3, -0.25) is 4.79 Å². The van der Waals surface area contributed by atoms with Gasteiger partial charge in [0.1, 0.15) is 0 Å². The second-order valence-corrected chi connectivity index (χ2v) is 4.64. The summed E-state index contributed by atoms with van der Waals surface area (Å²) in [5.41, 5.74) is -0.202. The molecular weight excluding hydrogens is 250 g/mol. The van der Waals surface area contributed by atoms with E-state index in [1.54, 1.807) is 0 Å². The highest BCUT2D eigenvalue weighted by Gasteiger charge is 2.19. The van der Waals surface area contributed by atoms with Gasteiger partial charge < -0.3 is 9.80 Å². The minimum atomic E-state index is -1.07. The summed E-state index contributed by atoms with van der Waals surface area (Å²) in [5, 5.41) is 0. The largest absolute Gasteiger partial charge is 0.339 e. The highest BCUT2D eigenvalue weighted by Crippen LogP contribution is 2.14. The SMILES string of the molecule is CCN(CCCN(C)C)C(=O)c1cccc(F)c1F. The van der Waals surface area contributed by atoms with E-state index < -0.39 is 17.5 Å². The van der Waals surface area contributed by atoms with Crippen molar-refractivity contribution < 1.29 is 13.6 Å². The van der Waals surface area contributed by atoms with Crippen LogP contribution >= 0.6 is 0 Å². The van der Waals surface area contributed by atoms with E-state index in [0.717, 1.165) is 19.0 Å². The average Bonchev–Trinajstić information content (AvgIpc) is 2.37. The van der Waals surface area contributed by atoms with Crippen LogP contribution in [0.1, 0.15) is 23.7 Å². The summed E-state index contributed by atoms with van der Waals surface area (Å²) in [5.74, 6) is -2.52. The van der Waals surface area contributed by atoms with E-state index in [2.05, 4.69) is 0 Å². The summed E-state index contributed by atoms with van der Waals surface area (Å²) in [6.07, 6.45) is 0.795. The van der Waals surface area contributed by atoms with Crippen molar-refractivity contribution in [2.45, 2.75) is 13.3 Å². The summed E-state index contributed by atoms with van der Waals surface area (Å²) < 4.78 is 26.7. The van der Waals surface area contributed by atoms with E-state index in [9.17, 15) is 13.6 Å². The van der Waals surface area contributed by atoms with Crippen molar-refractivity contribution >= 4 is 5.91 Å². The molecule has 0 radical (unpaired) electrons. The molecule has 0 saturated heterocycles. The van der Waals surface area contributed by atoms with Gasteiger partial charge in [0.05, 0.1) is 5.56 Å². The Morgan fingerprint density at radius 3 is 2.47 bits per heavy atom. The molecule has 1 aromatic rings. The molecule has 0 fully saturated rings. The zero-order valence-corrected chi connectivity index (χ0v) is 11.6. The van der Waals surface area contributed by atoms with E-state index >= 15 is 0 Å². The standard InChI is InChI=1S/C14H20F2N2O/c1-4-18(10-6-9-17(2)3)14(19)11-7-5-8-12(15)13(11)16/h5,7-8H,4,6,9-10H2,1-3H3. The Kier molecular flexibility index (Phi) is 5.89. The van der Waals surface area contributed by atoms with E-state index in [1.807, 2.05) is 25.9 Å². The fourth-order valence-corrected chi connectivity index (χ4v) is 1.82. The Morgan fingerprint density at radius 2 is 1.89 bits per heavy atom. The second-order valence-electron chi connectivity index (χ2n) is 4.64. The number of nitrogens with zero attached hydrogens (tertiary/aromatic N) is 2. The van der Waals surface area contributed by atoms with Crippen molar-refractivity contribution in [1.82, 2.24) is 9.80 Å². The molecular formula is C14H20F2N2O. The number of carbonyl (C=O) groups excluding carboxylic acids is 1. The molecule has 1 amide bonds. The van der Waals surface area contributed by atoms with Crippen LogP contribution in [0.25, 0.3) is 0 Å². The molecule has 0 saturated carbocycles. The van der Waals surface area contributed by atoms with Crippen molar-refractivity contribution in [1.29, 1.82) is 0 Å². The van der Waals surface area contributed by atoms with Gasteiger partial charge in [-0.05, 0) is 46.1 Å². The molecule has 1 aromatic carbocycles. The quantitative estimate of drug-likeness (QED) is 0.792. The fraction of sp³-hybridized carbons (Fsp3) is 0.500. The average molecular weight is 270 g/mol. The normalized spacial score (nSPS) is 10.8. The van der Waals surface area contributed by atoms with Gasteiger partial charge in [-0.15, -0.1) is 0 Å². The molecule has 1 rings (SSSR count). The molecule has 0 spiro atoms. The van der Waals surface area contributed by atoms with Gasteiger partial charge in [0.2, 0.25) is 0 Å². The molecule has 0 heterocycles. The maximum absolute atomic E-state index is 13.6. The summed E-state index contributed by atoms with van der Waals surface area (Å²) in [6, 6.07) is 3.67. The first-order valence-corrected chi connectivity index (χ1v) is 6.35. The van der Waals surface area contributed by atoms with Crippen molar-refractivity contribution in [2.75, 3.05) is 33.7 Å². The van der Waals surface area contributed by atoms with Crippen LogP contribution in [-0.4, -0.2) is 49.4 Å². The Hall–Kier alpha value is -1.49. The summed E-state index contributed by atoms with van der Waals surface area (Å²) in [6.45, 7) is 3.67. The van der Waals surface area contributed by atoms with Crippen LogP contribution in [0.3, 0.4) is 0 Å². The molecule has 0 bridgehead atoms. The predicted molar refractivity (Wildman–Crippen MR) is 71.1 cm³/mol. The van der Waals surface area contributed by atoms with E-state index in [0.29, 0.717) is 13.1 Å². The molecule has 19 heavy (non-hydrogen) atoms. The van der Waals surface area contributed by atoms with Crippen LogP contribution in [0.2, 0.25) is 0 Å². The summed E-state index contributed by atoms with van der Waals surface area (Å²) in [7, 11) is 3.90. The first-order valence-electron chi connectivity index (χ1n) is 6.35. The number of carbonyl (C=O) groups is 1. The Labute approximate surface area is 112 Å². The van der Waals surface area contributed by atoms with Gasteiger partial charge in [0, 0.05) is 13.1 Å². The number of halogens is 2. The number of rotatable bonds is 6. The van der Waals surface area contributed by atoms with Gasteiger partial charge in [-0.2, -0.15) is 0 Å². The second kappa shape index (κ2) is 7.19. The lowest BCUT2D eigenvalue weighted by molar-refractivity contribution is 0.0753. The summed E-state index contributed by atoms with van der Waals surface area (Å²) in [4.78, 5) is 15.7. The Morgan fingerprint density at radius 1 is 1.21 bits per heavy atom. The van der Waals surface area contributed by atoms with Crippen LogP contribution < -0.4 is 0 Å². The third-order valence-corrected chi connectivity index (χ3v) is 2.88. The lowest BCUT2D eigenvalue weighted by Gasteiger charge is -2.22. The lowest BCUT2D eigenvalue weighted by atomic mass is 10.1. The number of benzene rings is 1. The van der Waals surface area contributed by atoms with Crippen molar-refractivity contribution in [3.63, 3.8) is 0 Å². The molecule has 5 heteroatoms. The highest BCUT2D eigenvalue weighted by molar-refractivity contribution is 5.94. The van der Waals surface area contributed by atoms with Crippen LogP contribution in [0, 0.1) is 11.6 Å². The van der Waals surface area contributed by atoms with Gasteiger partial charge >= 0.3 is 0 Å². The third kappa shape index (κ3) is 4.28. The number of hydrogen-bond acceptors (Lipinski definition) is 2. The van der Waals surface area contributed by atoms with E-state index in [-0.39, 0.29) is 5.56 Å². The van der Waals surface area contributed by atoms with Gasteiger partial charge in [0.15, 0.2) is 11.6 Å². The fourth-order valence-electron chi connectivity index (χ4n) is 1.82. The summed E-state index contributed by atoms with van der Waals surface area (Å²) >= 11 is 0. The molecule has 0 atom stereocenters. The molecule has 3 nitrogen and oxygen atoms in total. The van der Waals surface area contributed by atoms with Gasteiger partial charge in [-0.1, -0.05) is 6.07 Å². The minimum absolute atomic E-state index is 0.202. The van der Waals surface area contributed by atoms with Crippen molar-refractivity contribution in [3.05, 3.63) is 35.4 Å². The molecule has 0 aliphatic rings. The molecule has 0 N–H and O–H groups in total. The minimum Gasteiger partial charge on any atom is -0.339 e. The Bertz CT molecular complexity index is 435.